The van der Waals surface area contributed by atoms with E-state index in [0.29, 0.717) is 11.1 Å². The van der Waals surface area contributed by atoms with Gasteiger partial charge in [0.25, 0.3) is 0 Å². The zero-order valence-electron chi connectivity index (χ0n) is 17.9. The van der Waals surface area contributed by atoms with Crippen LogP contribution in [0, 0.1) is 11.8 Å². The number of esters is 3. The Morgan fingerprint density at radius 1 is 1.35 bits per heavy atom. The number of aliphatic hydroxyl groups is 2. The van der Waals surface area contributed by atoms with E-state index in [1.807, 2.05) is 0 Å². The highest BCUT2D eigenvalue weighted by Gasteiger charge is 2.70. The molecule has 9 heteroatoms. The van der Waals surface area contributed by atoms with Gasteiger partial charge in [-0.3, -0.25) is 4.79 Å². The Kier molecular flexibility index (Phi) is 6.12. The van der Waals surface area contributed by atoms with Crippen LogP contribution in [0.15, 0.2) is 35.5 Å². The largest absolute Gasteiger partial charge is 0.458 e. The van der Waals surface area contributed by atoms with Gasteiger partial charge in [-0.05, 0) is 32.4 Å². The number of hydrogen-bond acceptors (Lipinski definition) is 8. The number of allylic oxidation sites excluding steroid dienone is 1. The predicted octanol–water partition coefficient (Wildman–Crippen LogP) is 1.57. The third-order valence-electron chi connectivity index (χ3n) is 6.59. The molecule has 1 aliphatic heterocycles. The lowest BCUT2D eigenvalue weighted by Gasteiger charge is -2.43. The lowest BCUT2D eigenvalue weighted by atomic mass is 9.71. The highest BCUT2D eigenvalue weighted by atomic mass is 35.5. The molecule has 0 aromatic rings. The second-order valence-electron chi connectivity index (χ2n) is 8.46. The molecule has 2 aliphatic carbocycles. The van der Waals surface area contributed by atoms with Crippen LogP contribution in [-0.4, -0.2) is 63.5 Å². The molecule has 0 amide bonds. The van der Waals surface area contributed by atoms with Crippen molar-refractivity contribution in [3.05, 3.63) is 35.5 Å². The molecule has 0 spiro atoms. The summed E-state index contributed by atoms with van der Waals surface area (Å²) in [5.74, 6) is -4.42. The Labute approximate surface area is 185 Å². The van der Waals surface area contributed by atoms with Crippen molar-refractivity contribution < 1.29 is 38.8 Å². The standard InChI is InChI=1S/C22H27ClO8/c1-6-10(2)19(25)30-15-8-21(27,9-23)17-14(29-13(5)24)7-11(3)22(17,28)18-16(15)12(4)20(26)31-18/h6-7,14-18,27-28H,4,8-9H2,1-3,5H3/b10-6+/t14-,15-,16-,17-,18+,21-,22-/m1/s1. The van der Waals surface area contributed by atoms with Gasteiger partial charge in [0, 0.05) is 24.5 Å². The van der Waals surface area contributed by atoms with Crippen molar-refractivity contribution in [1.29, 1.82) is 0 Å². The van der Waals surface area contributed by atoms with Crippen LogP contribution in [0.4, 0.5) is 0 Å². The summed E-state index contributed by atoms with van der Waals surface area (Å²) in [6, 6.07) is 0. The van der Waals surface area contributed by atoms with Crippen LogP contribution < -0.4 is 0 Å². The molecular weight excluding hydrogens is 428 g/mol. The SMILES string of the molecule is C=C1C(=O)O[C@H]2[C@H]1[C@H](OC(=O)/C(C)=C/C)C[C@@](O)(CCl)[C@H]1[C@H](OC(C)=O)C=C(C)[C@@]12O. The maximum absolute atomic E-state index is 12.5. The van der Waals surface area contributed by atoms with Gasteiger partial charge >= 0.3 is 17.9 Å². The number of alkyl halides is 1. The molecule has 1 saturated heterocycles. The van der Waals surface area contributed by atoms with E-state index in [-0.39, 0.29) is 17.9 Å². The van der Waals surface area contributed by atoms with Gasteiger partial charge in [-0.1, -0.05) is 12.7 Å². The van der Waals surface area contributed by atoms with E-state index in [4.69, 9.17) is 25.8 Å². The molecule has 0 aromatic heterocycles. The van der Waals surface area contributed by atoms with Crippen LogP contribution in [0.3, 0.4) is 0 Å². The summed E-state index contributed by atoms with van der Waals surface area (Å²) in [5, 5.41) is 23.5. The molecule has 8 nitrogen and oxygen atoms in total. The van der Waals surface area contributed by atoms with E-state index in [2.05, 4.69) is 6.58 Å². The van der Waals surface area contributed by atoms with E-state index < -0.39 is 59.3 Å². The summed E-state index contributed by atoms with van der Waals surface area (Å²) in [6.45, 7) is 9.83. The van der Waals surface area contributed by atoms with Crippen LogP contribution in [0.2, 0.25) is 0 Å². The summed E-state index contributed by atoms with van der Waals surface area (Å²) in [5.41, 5.74) is -3.03. The fourth-order valence-electron chi connectivity index (χ4n) is 4.95. The third kappa shape index (κ3) is 3.60. The maximum Gasteiger partial charge on any atom is 0.334 e. The highest BCUT2D eigenvalue weighted by molar-refractivity contribution is 6.18. The number of halogens is 1. The number of carbonyl (C=O) groups is 3. The Hall–Kier alpha value is -2.16. The molecular formula is C22H27ClO8. The van der Waals surface area contributed by atoms with Gasteiger partial charge in [-0.25, -0.2) is 9.59 Å². The van der Waals surface area contributed by atoms with Crippen molar-refractivity contribution in [2.24, 2.45) is 11.8 Å². The molecule has 0 unspecified atom stereocenters. The van der Waals surface area contributed by atoms with Gasteiger partial charge in [0.15, 0.2) is 0 Å². The predicted molar refractivity (Wildman–Crippen MR) is 110 cm³/mol. The number of ether oxygens (including phenoxy) is 3. The number of hydrogen-bond donors (Lipinski definition) is 2. The third-order valence-corrected chi connectivity index (χ3v) is 7.05. The fraction of sp³-hybridized carbons (Fsp3) is 0.591. The molecule has 0 radical (unpaired) electrons. The Bertz CT molecular complexity index is 892. The average Bonchev–Trinajstić information content (AvgIpc) is 3.11. The molecule has 3 rings (SSSR count). The monoisotopic (exact) mass is 454 g/mol. The molecule has 2 N–H and O–H groups in total. The first kappa shape index (κ1) is 23.5. The smallest absolute Gasteiger partial charge is 0.334 e. The maximum atomic E-state index is 12.5. The van der Waals surface area contributed by atoms with Crippen LogP contribution in [-0.2, 0) is 28.6 Å². The van der Waals surface area contributed by atoms with E-state index in [1.165, 1.54) is 13.0 Å². The van der Waals surface area contributed by atoms with Gasteiger partial charge in [0.1, 0.15) is 23.9 Å². The number of carbonyl (C=O) groups excluding carboxylic acids is 3. The number of rotatable bonds is 4. The van der Waals surface area contributed by atoms with Crippen LogP contribution in [0.5, 0.6) is 0 Å². The zero-order chi connectivity index (χ0) is 23.3. The summed E-state index contributed by atoms with van der Waals surface area (Å²) < 4.78 is 16.5. The first-order chi connectivity index (χ1) is 14.4. The van der Waals surface area contributed by atoms with Crippen molar-refractivity contribution in [3.63, 3.8) is 0 Å². The van der Waals surface area contributed by atoms with Crippen LogP contribution in [0.1, 0.15) is 34.1 Å². The lowest BCUT2D eigenvalue weighted by Crippen LogP contribution is -2.59. The van der Waals surface area contributed by atoms with Crippen LogP contribution in [0.25, 0.3) is 0 Å². The Morgan fingerprint density at radius 3 is 2.55 bits per heavy atom. The minimum absolute atomic E-state index is 0.0238. The second-order valence-corrected chi connectivity index (χ2v) is 8.73. The molecule has 31 heavy (non-hydrogen) atoms. The lowest BCUT2D eigenvalue weighted by molar-refractivity contribution is -0.183. The zero-order valence-corrected chi connectivity index (χ0v) is 18.6. The number of fused-ring (bicyclic) bond motifs is 3. The molecule has 170 valence electrons. The molecule has 0 aromatic carbocycles. The minimum Gasteiger partial charge on any atom is -0.458 e. The minimum atomic E-state index is -1.92. The Morgan fingerprint density at radius 2 is 2.00 bits per heavy atom. The summed E-state index contributed by atoms with van der Waals surface area (Å²) in [4.78, 5) is 36.6. The van der Waals surface area contributed by atoms with E-state index in [9.17, 15) is 24.6 Å². The van der Waals surface area contributed by atoms with Crippen molar-refractivity contribution >= 4 is 29.5 Å². The van der Waals surface area contributed by atoms with Crippen molar-refractivity contribution in [2.45, 2.75) is 63.6 Å². The Balaban J connectivity index is 2.16. The molecule has 2 fully saturated rings. The molecule has 1 heterocycles. The van der Waals surface area contributed by atoms with Crippen molar-refractivity contribution in [3.8, 4) is 0 Å². The fourth-order valence-corrected chi connectivity index (χ4v) is 5.23. The summed E-state index contributed by atoms with van der Waals surface area (Å²) >= 11 is 6.18. The first-order valence-corrected chi connectivity index (χ1v) is 10.5. The van der Waals surface area contributed by atoms with Gasteiger partial charge in [0.2, 0.25) is 0 Å². The second kappa shape index (κ2) is 8.07. The van der Waals surface area contributed by atoms with Crippen molar-refractivity contribution in [2.75, 3.05) is 5.88 Å². The molecule has 3 aliphatic rings. The normalized spacial score (nSPS) is 39.8. The molecule has 0 bridgehead atoms. The van der Waals surface area contributed by atoms with Gasteiger partial charge in [-0.2, -0.15) is 0 Å². The molecule has 7 atom stereocenters. The molecule has 1 saturated carbocycles. The van der Waals surface area contributed by atoms with Gasteiger partial charge in [-0.15, -0.1) is 11.6 Å². The van der Waals surface area contributed by atoms with E-state index in [1.54, 1.807) is 26.8 Å². The van der Waals surface area contributed by atoms with Gasteiger partial charge in [0.05, 0.1) is 23.3 Å². The van der Waals surface area contributed by atoms with Crippen molar-refractivity contribution in [1.82, 2.24) is 0 Å². The van der Waals surface area contributed by atoms with Gasteiger partial charge < -0.3 is 24.4 Å². The highest BCUT2D eigenvalue weighted by Crippen LogP contribution is 2.56. The summed E-state index contributed by atoms with van der Waals surface area (Å²) in [6.07, 6.45) is -0.424. The quantitative estimate of drug-likeness (QED) is 0.216. The van der Waals surface area contributed by atoms with Crippen LogP contribution >= 0.6 is 11.6 Å². The average molecular weight is 455 g/mol. The topological polar surface area (TPSA) is 119 Å². The van der Waals surface area contributed by atoms with E-state index >= 15 is 0 Å². The first-order valence-electron chi connectivity index (χ1n) is 10.0. The summed E-state index contributed by atoms with van der Waals surface area (Å²) in [7, 11) is 0. The van der Waals surface area contributed by atoms with E-state index in [0.717, 1.165) is 0 Å².